The molecule has 8 nitrogen and oxygen atoms in total. The summed E-state index contributed by atoms with van der Waals surface area (Å²) < 4.78 is 7.08. The first-order valence-corrected chi connectivity index (χ1v) is 7.48. The molecule has 3 rings (SSSR count). The molecule has 0 aliphatic heterocycles. The molecule has 0 fully saturated rings. The number of aryl methyl sites for hydroxylation is 2. The van der Waals surface area contributed by atoms with Gasteiger partial charge in [0.15, 0.2) is 17.4 Å². The molecule has 124 valence electrons. The second-order valence-electron chi connectivity index (χ2n) is 5.33. The lowest BCUT2D eigenvalue weighted by atomic mass is 10.4. The number of nitrogens with one attached hydrogen (secondary N) is 2. The standard InChI is InChI=1S/C16H18N6O2/c1-10-7-11(2)22(21-10)14-8-13(18-15(23)9-17-3)19-16(20-14)12-5-4-6-24-12/h4-8,17H,9H2,1-3H3,(H,18,19,20,23). The number of furan rings is 1. The maximum Gasteiger partial charge on any atom is 0.239 e. The lowest BCUT2D eigenvalue weighted by molar-refractivity contribution is -0.115. The van der Waals surface area contributed by atoms with Crippen LogP contribution < -0.4 is 10.6 Å². The number of hydrogen-bond acceptors (Lipinski definition) is 6. The highest BCUT2D eigenvalue weighted by atomic mass is 16.3. The van der Waals surface area contributed by atoms with E-state index < -0.39 is 0 Å². The van der Waals surface area contributed by atoms with Gasteiger partial charge in [0.2, 0.25) is 5.91 Å². The van der Waals surface area contributed by atoms with Gasteiger partial charge < -0.3 is 15.1 Å². The van der Waals surface area contributed by atoms with Gasteiger partial charge in [-0.05, 0) is 39.1 Å². The van der Waals surface area contributed by atoms with Crippen molar-refractivity contribution >= 4 is 11.7 Å². The van der Waals surface area contributed by atoms with Crippen LogP contribution in [0.1, 0.15) is 11.4 Å². The largest absolute Gasteiger partial charge is 0.461 e. The summed E-state index contributed by atoms with van der Waals surface area (Å²) in [6.07, 6.45) is 1.55. The molecular formula is C16H18N6O2. The molecule has 0 aliphatic rings. The van der Waals surface area contributed by atoms with Gasteiger partial charge in [0.1, 0.15) is 5.82 Å². The van der Waals surface area contributed by atoms with Crippen molar-refractivity contribution in [2.75, 3.05) is 18.9 Å². The van der Waals surface area contributed by atoms with E-state index in [-0.39, 0.29) is 12.5 Å². The molecular weight excluding hydrogens is 308 g/mol. The van der Waals surface area contributed by atoms with E-state index in [0.717, 1.165) is 11.4 Å². The fourth-order valence-electron chi connectivity index (χ4n) is 2.33. The number of hydrogen-bond donors (Lipinski definition) is 2. The molecule has 0 saturated heterocycles. The summed E-state index contributed by atoms with van der Waals surface area (Å²) in [4.78, 5) is 20.7. The van der Waals surface area contributed by atoms with E-state index in [9.17, 15) is 4.79 Å². The Bertz CT molecular complexity index is 854. The van der Waals surface area contributed by atoms with Crippen LogP contribution in [0, 0.1) is 13.8 Å². The summed E-state index contributed by atoms with van der Waals surface area (Å²) in [5, 5.41) is 9.97. The Morgan fingerprint density at radius 2 is 2.12 bits per heavy atom. The predicted molar refractivity (Wildman–Crippen MR) is 88.9 cm³/mol. The van der Waals surface area contributed by atoms with Crippen LogP contribution in [-0.4, -0.2) is 39.2 Å². The van der Waals surface area contributed by atoms with Gasteiger partial charge in [0.25, 0.3) is 0 Å². The number of carbonyl (C=O) groups is 1. The summed E-state index contributed by atoms with van der Waals surface area (Å²) >= 11 is 0. The van der Waals surface area contributed by atoms with Crippen molar-refractivity contribution in [3.8, 4) is 17.4 Å². The van der Waals surface area contributed by atoms with E-state index >= 15 is 0 Å². The van der Waals surface area contributed by atoms with Crippen LogP contribution in [0.5, 0.6) is 0 Å². The number of aromatic nitrogens is 4. The lowest BCUT2D eigenvalue weighted by Gasteiger charge is -2.09. The molecule has 2 N–H and O–H groups in total. The molecule has 0 unspecified atom stereocenters. The molecule has 1 amide bonds. The first kappa shape index (κ1) is 15.9. The third kappa shape index (κ3) is 3.33. The predicted octanol–water partition coefficient (Wildman–Crippen LogP) is 1.70. The van der Waals surface area contributed by atoms with Gasteiger partial charge in [-0.2, -0.15) is 5.10 Å². The highest BCUT2D eigenvalue weighted by molar-refractivity contribution is 5.91. The number of anilines is 1. The van der Waals surface area contributed by atoms with Crippen LogP contribution in [0.3, 0.4) is 0 Å². The average molecular weight is 326 g/mol. The monoisotopic (exact) mass is 326 g/mol. The molecule has 3 heterocycles. The molecule has 3 aromatic rings. The molecule has 24 heavy (non-hydrogen) atoms. The van der Waals surface area contributed by atoms with Crippen molar-refractivity contribution in [2.45, 2.75) is 13.8 Å². The van der Waals surface area contributed by atoms with Gasteiger partial charge in [0, 0.05) is 11.8 Å². The lowest BCUT2D eigenvalue weighted by Crippen LogP contribution is -2.25. The van der Waals surface area contributed by atoms with Crippen molar-refractivity contribution in [3.05, 3.63) is 41.9 Å². The summed E-state index contributed by atoms with van der Waals surface area (Å²) in [6, 6.07) is 7.15. The number of amides is 1. The van der Waals surface area contributed by atoms with E-state index in [1.807, 2.05) is 19.9 Å². The van der Waals surface area contributed by atoms with Crippen LogP contribution in [0.2, 0.25) is 0 Å². The zero-order valence-corrected chi connectivity index (χ0v) is 13.7. The summed E-state index contributed by atoms with van der Waals surface area (Å²) in [6.45, 7) is 4.04. The minimum Gasteiger partial charge on any atom is -0.461 e. The Kier molecular flexibility index (Phi) is 4.39. The van der Waals surface area contributed by atoms with Crippen LogP contribution in [0.4, 0.5) is 5.82 Å². The topological polar surface area (TPSA) is 97.9 Å². The number of nitrogens with zero attached hydrogens (tertiary/aromatic N) is 4. The summed E-state index contributed by atoms with van der Waals surface area (Å²) in [5.74, 6) is 1.65. The molecule has 3 aromatic heterocycles. The molecule has 0 aromatic carbocycles. The highest BCUT2D eigenvalue weighted by Gasteiger charge is 2.14. The smallest absolute Gasteiger partial charge is 0.239 e. The van der Waals surface area contributed by atoms with E-state index in [0.29, 0.717) is 23.2 Å². The van der Waals surface area contributed by atoms with Crippen molar-refractivity contribution in [1.82, 2.24) is 25.1 Å². The van der Waals surface area contributed by atoms with Crippen LogP contribution in [0.25, 0.3) is 17.4 Å². The zero-order valence-electron chi connectivity index (χ0n) is 13.7. The molecule has 0 saturated carbocycles. The number of rotatable bonds is 5. The molecule has 0 spiro atoms. The second-order valence-corrected chi connectivity index (χ2v) is 5.33. The van der Waals surface area contributed by atoms with Crippen LogP contribution in [0.15, 0.2) is 34.9 Å². The van der Waals surface area contributed by atoms with Crippen molar-refractivity contribution < 1.29 is 9.21 Å². The minimum absolute atomic E-state index is 0.190. The summed E-state index contributed by atoms with van der Waals surface area (Å²) in [5.41, 5.74) is 1.82. The van der Waals surface area contributed by atoms with Crippen molar-refractivity contribution in [1.29, 1.82) is 0 Å². The maximum atomic E-state index is 11.8. The van der Waals surface area contributed by atoms with Gasteiger partial charge in [-0.1, -0.05) is 0 Å². The van der Waals surface area contributed by atoms with Gasteiger partial charge >= 0.3 is 0 Å². The number of carbonyl (C=O) groups excluding carboxylic acids is 1. The van der Waals surface area contributed by atoms with E-state index in [1.54, 1.807) is 36.2 Å². The molecule has 0 atom stereocenters. The Morgan fingerprint density at radius 1 is 1.29 bits per heavy atom. The van der Waals surface area contributed by atoms with Crippen molar-refractivity contribution in [3.63, 3.8) is 0 Å². The molecule has 8 heteroatoms. The van der Waals surface area contributed by atoms with Gasteiger partial charge in [-0.25, -0.2) is 14.6 Å². The first-order valence-electron chi connectivity index (χ1n) is 7.48. The average Bonchev–Trinajstić information content (AvgIpc) is 3.16. The third-order valence-corrected chi connectivity index (χ3v) is 3.29. The van der Waals surface area contributed by atoms with E-state index in [2.05, 4.69) is 25.7 Å². The minimum atomic E-state index is -0.194. The normalized spacial score (nSPS) is 10.8. The van der Waals surface area contributed by atoms with Crippen LogP contribution in [-0.2, 0) is 4.79 Å². The first-order chi connectivity index (χ1) is 11.6. The van der Waals surface area contributed by atoms with E-state index in [1.165, 1.54) is 0 Å². The fraction of sp³-hybridized carbons (Fsp3) is 0.250. The SMILES string of the molecule is CNCC(=O)Nc1cc(-n2nc(C)cc2C)nc(-c2ccco2)n1. The highest BCUT2D eigenvalue weighted by Crippen LogP contribution is 2.21. The molecule has 0 radical (unpaired) electrons. The Hall–Kier alpha value is -3.00. The Labute approximate surface area is 138 Å². The van der Waals surface area contributed by atoms with Gasteiger partial charge in [0.05, 0.1) is 18.5 Å². The van der Waals surface area contributed by atoms with Crippen LogP contribution >= 0.6 is 0 Å². The maximum absolute atomic E-state index is 11.8. The van der Waals surface area contributed by atoms with E-state index in [4.69, 9.17) is 4.42 Å². The number of likely N-dealkylation sites (N-methyl/N-ethyl adjacent to an activating group) is 1. The Balaban J connectivity index is 2.06. The molecule has 0 bridgehead atoms. The quantitative estimate of drug-likeness (QED) is 0.740. The van der Waals surface area contributed by atoms with Gasteiger partial charge in [-0.3, -0.25) is 4.79 Å². The third-order valence-electron chi connectivity index (χ3n) is 3.29. The van der Waals surface area contributed by atoms with Crippen molar-refractivity contribution in [2.24, 2.45) is 0 Å². The summed E-state index contributed by atoms with van der Waals surface area (Å²) in [7, 11) is 1.70. The second kappa shape index (κ2) is 6.63. The van der Waals surface area contributed by atoms with Gasteiger partial charge in [-0.15, -0.1) is 0 Å². The molecule has 0 aliphatic carbocycles. The fourth-order valence-corrected chi connectivity index (χ4v) is 2.33. The Morgan fingerprint density at radius 3 is 2.75 bits per heavy atom. The zero-order chi connectivity index (χ0) is 17.1.